The summed E-state index contributed by atoms with van der Waals surface area (Å²) in [7, 11) is 0. The van der Waals surface area contributed by atoms with Crippen LogP contribution < -0.4 is 0 Å². The van der Waals surface area contributed by atoms with Crippen LogP contribution in [0.15, 0.2) is 0 Å². The lowest BCUT2D eigenvalue weighted by Gasteiger charge is -2.60. The number of hydrogen-bond acceptors (Lipinski definition) is 3. The number of carbonyl (C=O) groups excluding carboxylic acids is 2. The van der Waals surface area contributed by atoms with Gasteiger partial charge in [0.2, 0.25) is 0 Å². The highest BCUT2D eigenvalue weighted by molar-refractivity contribution is 5.75. The largest absolute Gasteiger partial charge is 0.462 e. The van der Waals surface area contributed by atoms with Crippen molar-refractivity contribution in [3.63, 3.8) is 0 Å². The first-order chi connectivity index (χ1) is 12.0. The van der Waals surface area contributed by atoms with E-state index in [1.807, 2.05) is 0 Å². The topological polar surface area (TPSA) is 43.4 Å². The fourth-order valence-corrected chi connectivity index (χ4v) is 6.58. The van der Waals surface area contributed by atoms with Gasteiger partial charge in [0.15, 0.2) is 0 Å². The van der Waals surface area contributed by atoms with Crippen molar-refractivity contribution in [3.8, 4) is 0 Å². The van der Waals surface area contributed by atoms with E-state index >= 15 is 0 Å². The van der Waals surface area contributed by atoms with Gasteiger partial charge < -0.3 is 9.53 Å². The molecule has 0 saturated heterocycles. The Labute approximate surface area is 160 Å². The lowest BCUT2D eigenvalue weighted by atomic mass is 9.45. The minimum Gasteiger partial charge on any atom is -0.462 e. The van der Waals surface area contributed by atoms with Crippen molar-refractivity contribution in [2.75, 3.05) is 0 Å². The third-order valence-corrected chi connectivity index (χ3v) is 7.62. The molecule has 150 valence electrons. The SMILES string of the molecule is CC(=O)CC[C@H]1[C@H]([C@H](OC(C)=O)C(C)C)CC[C@H]2C(C)(C)CCC[C@]12C. The van der Waals surface area contributed by atoms with Gasteiger partial charge in [0.05, 0.1) is 0 Å². The number of hydrogen-bond donors (Lipinski definition) is 0. The summed E-state index contributed by atoms with van der Waals surface area (Å²) in [4.78, 5) is 23.5. The predicted octanol–water partition coefficient (Wildman–Crippen LogP) is 5.80. The van der Waals surface area contributed by atoms with Crippen molar-refractivity contribution < 1.29 is 14.3 Å². The van der Waals surface area contributed by atoms with Crippen molar-refractivity contribution in [1.29, 1.82) is 0 Å². The zero-order valence-electron chi connectivity index (χ0n) is 18.1. The van der Waals surface area contributed by atoms with E-state index in [0.717, 1.165) is 12.8 Å². The fourth-order valence-electron chi connectivity index (χ4n) is 6.58. The van der Waals surface area contributed by atoms with Gasteiger partial charge in [0.25, 0.3) is 0 Å². The molecule has 5 atom stereocenters. The van der Waals surface area contributed by atoms with E-state index in [9.17, 15) is 9.59 Å². The lowest BCUT2D eigenvalue weighted by molar-refractivity contribution is -0.167. The highest BCUT2D eigenvalue weighted by atomic mass is 16.5. The van der Waals surface area contributed by atoms with Crippen molar-refractivity contribution in [3.05, 3.63) is 0 Å². The average Bonchev–Trinajstić information content (AvgIpc) is 2.49. The van der Waals surface area contributed by atoms with Gasteiger partial charge >= 0.3 is 5.97 Å². The zero-order chi connectivity index (χ0) is 19.7. The highest BCUT2D eigenvalue weighted by Crippen LogP contribution is 2.63. The Bertz CT molecular complexity index is 522. The van der Waals surface area contributed by atoms with Gasteiger partial charge in [-0.3, -0.25) is 4.79 Å². The second-order valence-electron chi connectivity index (χ2n) is 10.3. The first-order valence-electron chi connectivity index (χ1n) is 10.7. The number of esters is 1. The minimum absolute atomic E-state index is 0.0349. The highest BCUT2D eigenvalue weighted by Gasteiger charge is 2.56. The van der Waals surface area contributed by atoms with Gasteiger partial charge in [0, 0.05) is 13.3 Å². The summed E-state index contributed by atoms with van der Waals surface area (Å²) in [5, 5.41) is 0. The molecule has 2 aliphatic rings. The maximum Gasteiger partial charge on any atom is 0.302 e. The molecule has 0 radical (unpaired) electrons. The molecule has 2 fully saturated rings. The monoisotopic (exact) mass is 364 g/mol. The molecule has 0 aromatic carbocycles. The van der Waals surface area contributed by atoms with E-state index in [-0.39, 0.29) is 23.3 Å². The van der Waals surface area contributed by atoms with E-state index < -0.39 is 0 Å². The van der Waals surface area contributed by atoms with Crippen LogP contribution in [-0.2, 0) is 14.3 Å². The Hall–Kier alpha value is -0.860. The van der Waals surface area contributed by atoms with Crippen LogP contribution in [0.2, 0.25) is 0 Å². The molecule has 2 rings (SSSR count). The molecule has 3 nitrogen and oxygen atoms in total. The summed E-state index contributed by atoms with van der Waals surface area (Å²) in [6.07, 6.45) is 7.69. The van der Waals surface area contributed by atoms with Crippen LogP contribution in [0.3, 0.4) is 0 Å². The standard InChI is InChI=1S/C23H40O3/c1-15(2)21(26-17(4)25)18-10-12-20-22(5,6)13-8-14-23(20,7)19(18)11-9-16(3)24/h15,18-21H,8-14H2,1-7H3/t18-,19+,20+,21-,23-/m1/s1. The zero-order valence-corrected chi connectivity index (χ0v) is 18.1. The van der Waals surface area contributed by atoms with E-state index in [4.69, 9.17) is 4.74 Å². The second kappa shape index (κ2) is 8.02. The number of ether oxygens (including phenoxy) is 1. The molecular formula is C23H40O3. The Morgan fingerprint density at radius 3 is 2.27 bits per heavy atom. The van der Waals surface area contributed by atoms with Crippen molar-refractivity contribution in [2.45, 2.75) is 99.5 Å². The van der Waals surface area contributed by atoms with Crippen LogP contribution >= 0.6 is 0 Å². The molecule has 0 aromatic heterocycles. The Morgan fingerprint density at radius 2 is 1.73 bits per heavy atom. The molecule has 0 unspecified atom stereocenters. The van der Waals surface area contributed by atoms with Gasteiger partial charge in [-0.25, -0.2) is 0 Å². The van der Waals surface area contributed by atoms with Gasteiger partial charge in [-0.1, -0.05) is 41.0 Å². The molecule has 0 heterocycles. The molecule has 0 spiro atoms. The third-order valence-electron chi connectivity index (χ3n) is 7.62. The van der Waals surface area contributed by atoms with E-state index in [2.05, 4.69) is 34.6 Å². The molecule has 3 heteroatoms. The summed E-state index contributed by atoms with van der Waals surface area (Å²) < 4.78 is 5.84. The minimum atomic E-state index is -0.176. The van der Waals surface area contributed by atoms with Gasteiger partial charge in [-0.05, 0) is 73.5 Å². The van der Waals surface area contributed by atoms with Gasteiger partial charge in [0.1, 0.15) is 11.9 Å². The predicted molar refractivity (Wildman–Crippen MR) is 106 cm³/mol. The van der Waals surface area contributed by atoms with E-state index in [1.165, 1.54) is 32.6 Å². The maximum absolute atomic E-state index is 11.8. The summed E-state index contributed by atoms with van der Waals surface area (Å²) in [5.41, 5.74) is 0.606. The summed E-state index contributed by atoms with van der Waals surface area (Å²) in [5.74, 6) is 1.93. The number of fused-ring (bicyclic) bond motifs is 1. The number of carbonyl (C=O) groups is 2. The van der Waals surface area contributed by atoms with Crippen molar-refractivity contribution >= 4 is 11.8 Å². The number of rotatable bonds is 6. The van der Waals surface area contributed by atoms with Crippen LogP contribution in [0.1, 0.15) is 93.4 Å². The number of Topliss-reactive ketones (excluding diaryl/α,β-unsaturated/α-hetero) is 1. The molecule has 0 aliphatic heterocycles. The molecule has 0 N–H and O–H groups in total. The third kappa shape index (κ3) is 4.34. The molecule has 0 bridgehead atoms. The van der Waals surface area contributed by atoms with E-state index in [0.29, 0.717) is 35.5 Å². The normalized spacial score (nSPS) is 34.8. The second-order valence-corrected chi connectivity index (χ2v) is 10.3. The fraction of sp³-hybridized carbons (Fsp3) is 0.913. The molecule has 2 saturated carbocycles. The summed E-state index contributed by atoms with van der Waals surface area (Å²) in [6.45, 7) is 14.9. The molecule has 0 amide bonds. The van der Waals surface area contributed by atoms with Crippen LogP contribution in [0, 0.1) is 34.5 Å². The smallest absolute Gasteiger partial charge is 0.302 e. The summed E-state index contributed by atoms with van der Waals surface area (Å²) in [6, 6.07) is 0. The van der Waals surface area contributed by atoms with Crippen LogP contribution in [0.25, 0.3) is 0 Å². The van der Waals surface area contributed by atoms with E-state index in [1.54, 1.807) is 6.92 Å². The number of ketones is 1. The van der Waals surface area contributed by atoms with Crippen molar-refractivity contribution in [2.24, 2.45) is 34.5 Å². The quantitative estimate of drug-likeness (QED) is 0.559. The Kier molecular flexibility index (Phi) is 6.62. The van der Waals surface area contributed by atoms with Crippen molar-refractivity contribution in [1.82, 2.24) is 0 Å². The van der Waals surface area contributed by atoms with Gasteiger partial charge in [-0.15, -0.1) is 0 Å². The van der Waals surface area contributed by atoms with Crippen LogP contribution in [-0.4, -0.2) is 17.9 Å². The van der Waals surface area contributed by atoms with Crippen LogP contribution in [0.4, 0.5) is 0 Å². The Balaban J connectivity index is 2.38. The maximum atomic E-state index is 11.8. The van der Waals surface area contributed by atoms with Gasteiger partial charge in [-0.2, -0.15) is 0 Å². The Morgan fingerprint density at radius 1 is 1.08 bits per heavy atom. The lowest BCUT2D eigenvalue weighted by Crippen LogP contribution is -2.54. The molecule has 2 aliphatic carbocycles. The molecule has 0 aromatic rings. The summed E-state index contributed by atoms with van der Waals surface area (Å²) >= 11 is 0. The van der Waals surface area contributed by atoms with Crippen LogP contribution in [0.5, 0.6) is 0 Å². The molecule has 26 heavy (non-hydrogen) atoms. The first-order valence-corrected chi connectivity index (χ1v) is 10.7. The first kappa shape index (κ1) is 21.4. The average molecular weight is 365 g/mol. The molecular weight excluding hydrogens is 324 g/mol.